The van der Waals surface area contributed by atoms with Crippen molar-refractivity contribution in [2.45, 2.75) is 24.9 Å². The van der Waals surface area contributed by atoms with Crippen LogP contribution in [0.1, 0.15) is 29.3 Å². The Morgan fingerprint density at radius 3 is 2.90 bits per heavy atom. The Morgan fingerprint density at radius 2 is 2.25 bits per heavy atom. The van der Waals surface area contributed by atoms with E-state index >= 15 is 0 Å². The molecule has 2 aromatic heterocycles. The van der Waals surface area contributed by atoms with Crippen LogP contribution in [0.4, 0.5) is 18.3 Å². The molecule has 108 valence electrons. The van der Waals surface area contributed by atoms with Crippen LogP contribution in [0, 0.1) is 0 Å². The number of rotatable bonds is 2. The number of H-pyrrole nitrogens is 1. The predicted molar refractivity (Wildman–Crippen MR) is 69.9 cm³/mol. The summed E-state index contributed by atoms with van der Waals surface area (Å²) in [6.45, 7) is 1.42. The smallest absolute Gasteiger partial charge is 0.347 e. The fourth-order valence-corrected chi connectivity index (χ4v) is 3.26. The molecular weight excluding hydrogens is 289 g/mol. The van der Waals surface area contributed by atoms with E-state index in [0.717, 1.165) is 31.3 Å². The molecule has 1 atom stereocenters. The average molecular weight is 302 g/mol. The minimum atomic E-state index is -4.31. The molecule has 3 heterocycles. The molecule has 0 radical (unpaired) electrons. The maximum Gasteiger partial charge on any atom is 0.427 e. The molecular formula is C12H13F3N4S. The van der Waals surface area contributed by atoms with Crippen molar-refractivity contribution < 1.29 is 13.2 Å². The molecule has 1 fully saturated rings. The number of aromatic nitrogens is 3. The van der Waals surface area contributed by atoms with E-state index in [9.17, 15) is 13.2 Å². The van der Waals surface area contributed by atoms with E-state index in [-0.39, 0.29) is 5.92 Å². The predicted octanol–water partition coefficient (Wildman–Crippen LogP) is 3.27. The molecule has 0 amide bonds. The van der Waals surface area contributed by atoms with E-state index in [4.69, 9.17) is 0 Å². The van der Waals surface area contributed by atoms with Gasteiger partial charge < -0.3 is 4.90 Å². The van der Waals surface area contributed by atoms with Gasteiger partial charge in [-0.25, -0.2) is 4.98 Å². The summed E-state index contributed by atoms with van der Waals surface area (Å²) in [5.74, 6) is 0.268. The molecule has 0 aromatic carbocycles. The van der Waals surface area contributed by atoms with Crippen molar-refractivity contribution in [3.05, 3.63) is 29.0 Å². The van der Waals surface area contributed by atoms with Crippen molar-refractivity contribution in [1.29, 1.82) is 0 Å². The third kappa shape index (κ3) is 2.65. The molecule has 1 N–H and O–H groups in total. The molecule has 1 saturated heterocycles. The second-order valence-electron chi connectivity index (χ2n) is 4.80. The molecule has 1 aliphatic heterocycles. The Kier molecular flexibility index (Phi) is 3.41. The van der Waals surface area contributed by atoms with Gasteiger partial charge in [0.05, 0.1) is 6.20 Å². The summed E-state index contributed by atoms with van der Waals surface area (Å²) >= 11 is 0.710. The van der Waals surface area contributed by atoms with E-state index in [1.165, 1.54) is 0 Å². The Morgan fingerprint density at radius 1 is 1.40 bits per heavy atom. The largest absolute Gasteiger partial charge is 0.427 e. The number of hydrogen-bond donors (Lipinski definition) is 1. The average Bonchev–Trinajstić information content (AvgIpc) is 3.10. The zero-order valence-electron chi connectivity index (χ0n) is 10.5. The number of hydrogen-bond acceptors (Lipinski definition) is 4. The van der Waals surface area contributed by atoms with Gasteiger partial charge in [-0.3, -0.25) is 5.10 Å². The van der Waals surface area contributed by atoms with Gasteiger partial charge in [-0.1, -0.05) is 11.3 Å². The molecule has 0 bridgehead atoms. The topological polar surface area (TPSA) is 44.8 Å². The third-order valence-electron chi connectivity index (χ3n) is 3.43. The van der Waals surface area contributed by atoms with Crippen LogP contribution in [0.25, 0.3) is 0 Å². The first kappa shape index (κ1) is 13.4. The molecule has 1 aliphatic rings. The van der Waals surface area contributed by atoms with Crippen LogP contribution in [-0.4, -0.2) is 28.3 Å². The summed E-state index contributed by atoms with van der Waals surface area (Å²) in [5.41, 5.74) is 1.03. The highest BCUT2D eigenvalue weighted by atomic mass is 32.1. The second-order valence-corrected chi connectivity index (χ2v) is 5.81. The number of alkyl halides is 3. The van der Waals surface area contributed by atoms with Gasteiger partial charge in [0.1, 0.15) is 4.88 Å². The van der Waals surface area contributed by atoms with Crippen LogP contribution >= 0.6 is 11.3 Å². The van der Waals surface area contributed by atoms with E-state index in [1.807, 2.05) is 11.0 Å². The Hall–Kier alpha value is -1.57. The van der Waals surface area contributed by atoms with Crippen molar-refractivity contribution in [2.24, 2.45) is 0 Å². The maximum absolute atomic E-state index is 12.6. The van der Waals surface area contributed by atoms with Gasteiger partial charge in [-0.2, -0.15) is 18.3 Å². The standard InChI is InChI=1S/C12H13F3N4S/c13-12(14,15)10-6-16-11(20-10)19-5-1-2-8(7-19)9-3-4-17-18-9/h3-4,6,8H,1-2,5,7H2,(H,17,18). The van der Waals surface area contributed by atoms with Crippen LogP contribution in [0.3, 0.4) is 0 Å². The summed E-state index contributed by atoms with van der Waals surface area (Å²) in [7, 11) is 0. The molecule has 0 saturated carbocycles. The van der Waals surface area contributed by atoms with Crippen molar-refractivity contribution in [3.63, 3.8) is 0 Å². The number of nitrogens with one attached hydrogen (secondary N) is 1. The van der Waals surface area contributed by atoms with Crippen LogP contribution in [0.15, 0.2) is 18.5 Å². The number of thiazole rings is 1. The fourth-order valence-electron chi connectivity index (χ4n) is 2.44. The van der Waals surface area contributed by atoms with Crippen LogP contribution in [-0.2, 0) is 6.18 Å². The second kappa shape index (κ2) is 5.08. The van der Waals surface area contributed by atoms with Gasteiger partial charge in [0.2, 0.25) is 0 Å². The third-order valence-corrected chi connectivity index (χ3v) is 4.53. The first-order chi connectivity index (χ1) is 9.54. The number of halogens is 3. The molecule has 8 heteroatoms. The molecule has 0 aliphatic carbocycles. The lowest BCUT2D eigenvalue weighted by Crippen LogP contribution is -2.34. The monoisotopic (exact) mass is 302 g/mol. The van der Waals surface area contributed by atoms with E-state index in [1.54, 1.807) is 6.20 Å². The molecule has 4 nitrogen and oxygen atoms in total. The Balaban J connectivity index is 1.75. The number of piperidine rings is 1. The minimum Gasteiger partial charge on any atom is -0.347 e. The zero-order valence-corrected chi connectivity index (χ0v) is 11.3. The molecule has 0 spiro atoms. The summed E-state index contributed by atoms with van der Waals surface area (Å²) in [6, 6.07) is 1.91. The number of nitrogens with zero attached hydrogens (tertiary/aromatic N) is 3. The molecule has 20 heavy (non-hydrogen) atoms. The van der Waals surface area contributed by atoms with E-state index in [0.29, 0.717) is 23.0 Å². The van der Waals surface area contributed by atoms with Gasteiger partial charge in [0.15, 0.2) is 5.13 Å². The summed E-state index contributed by atoms with van der Waals surface area (Å²) in [6.07, 6.45) is 0.245. The quantitative estimate of drug-likeness (QED) is 0.926. The lowest BCUT2D eigenvalue weighted by atomic mass is 9.95. The van der Waals surface area contributed by atoms with Gasteiger partial charge in [0, 0.05) is 30.9 Å². The highest BCUT2D eigenvalue weighted by molar-refractivity contribution is 7.15. The molecule has 2 aromatic rings. The Labute approximate surface area is 117 Å². The lowest BCUT2D eigenvalue weighted by Gasteiger charge is -2.31. The summed E-state index contributed by atoms with van der Waals surface area (Å²) in [4.78, 5) is 5.20. The van der Waals surface area contributed by atoms with Gasteiger partial charge in [0.25, 0.3) is 0 Å². The van der Waals surface area contributed by atoms with E-state index < -0.39 is 11.1 Å². The minimum absolute atomic E-state index is 0.268. The highest BCUT2D eigenvalue weighted by Gasteiger charge is 2.34. The van der Waals surface area contributed by atoms with Crippen molar-refractivity contribution >= 4 is 16.5 Å². The van der Waals surface area contributed by atoms with Gasteiger partial charge in [-0.15, -0.1) is 0 Å². The molecule has 3 rings (SSSR count). The lowest BCUT2D eigenvalue weighted by molar-refractivity contribution is -0.134. The SMILES string of the molecule is FC(F)(F)c1cnc(N2CCCC(c3ccn[nH]3)C2)s1. The number of aromatic amines is 1. The highest BCUT2D eigenvalue weighted by Crippen LogP contribution is 2.38. The van der Waals surface area contributed by atoms with Gasteiger partial charge >= 0.3 is 6.18 Å². The molecule has 1 unspecified atom stereocenters. The Bertz CT molecular complexity index is 564. The van der Waals surface area contributed by atoms with Crippen LogP contribution < -0.4 is 4.90 Å². The summed E-state index contributed by atoms with van der Waals surface area (Å²) < 4.78 is 37.8. The zero-order chi connectivity index (χ0) is 14.2. The van der Waals surface area contributed by atoms with Crippen molar-refractivity contribution in [2.75, 3.05) is 18.0 Å². The first-order valence-electron chi connectivity index (χ1n) is 6.31. The van der Waals surface area contributed by atoms with Crippen LogP contribution in [0.5, 0.6) is 0 Å². The number of anilines is 1. The van der Waals surface area contributed by atoms with E-state index in [2.05, 4.69) is 15.2 Å². The maximum atomic E-state index is 12.6. The van der Waals surface area contributed by atoms with Crippen LogP contribution in [0.2, 0.25) is 0 Å². The first-order valence-corrected chi connectivity index (χ1v) is 7.13. The normalized spacial score (nSPS) is 20.4. The fraction of sp³-hybridized carbons (Fsp3) is 0.500. The van der Waals surface area contributed by atoms with Gasteiger partial charge in [-0.05, 0) is 18.9 Å². The summed E-state index contributed by atoms with van der Waals surface area (Å²) in [5, 5.41) is 7.31. The van der Waals surface area contributed by atoms with Crippen molar-refractivity contribution in [3.8, 4) is 0 Å². The van der Waals surface area contributed by atoms with Crippen molar-refractivity contribution in [1.82, 2.24) is 15.2 Å².